The van der Waals surface area contributed by atoms with Gasteiger partial charge in [0.25, 0.3) is 0 Å². The van der Waals surface area contributed by atoms with E-state index in [-0.39, 0.29) is 45.2 Å². The van der Waals surface area contributed by atoms with Gasteiger partial charge in [-0.25, -0.2) is 4.98 Å². The molecule has 1 aromatic heterocycles. The Balaban J connectivity index is 0.000000241. The zero-order chi connectivity index (χ0) is 30.3. The molecule has 1 N–H and O–H groups in total. The number of aromatic nitrogens is 2. The molecule has 3 aromatic carbocycles. The largest absolute Gasteiger partial charge is 0.512 e. The first-order valence-electron chi connectivity index (χ1n) is 17.2. The summed E-state index contributed by atoms with van der Waals surface area (Å²) in [5.41, 5.74) is 4.52. The number of ketones is 1. The Hall–Kier alpha value is -2.88. The number of hydrogen-bond acceptors (Lipinski definition) is 4. The van der Waals surface area contributed by atoms with Crippen LogP contribution in [0, 0.1) is 23.8 Å². The molecule has 247 valence electrons. The fourth-order valence-corrected chi connectivity index (χ4v) is 7.89. The molecule has 3 saturated carbocycles. The molecule has 3 fully saturated rings. The van der Waals surface area contributed by atoms with E-state index in [1.807, 2.05) is 6.07 Å². The van der Waals surface area contributed by atoms with Crippen molar-refractivity contribution < 1.29 is 30.0 Å². The maximum atomic E-state index is 11.8. The number of carbonyl (C=O) groups is 1. The van der Waals surface area contributed by atoms with Gasteiger partial charge in [-0.15, -0.1) is 29.1 Å². The average Bonchev–Trinajstić information content (AvgIpc) is 3.81. The number of aliphatic hydroxyl groups excluding tert-OH is 1. The standard InChI is InChI=1S/C27H27N2.C13H20O2.CH4.Ir/c1-2-6-19-11-13-20(14-12-19)22-15-16-26-25(17-22)27(29-18-28-26)24-10-5-8-21-7-3-4-9-23(21)24;14-12(10-5-1-2-6-10)9-13(15)11-7-3-4-8-11;;/h3-5,7-9,15-20H,2,6,11-14H2,1H3;9-11,14H,1-8H2;1H4;/q-1;;;. The predicted octanol–water partition coefficient (Wildman–Crippen LogP) is 11.3. The smallest absolute Gasteiger partial charge is 0.162 e. The summed E-state index contributed by atoms with van der Waals surface area (Å²) in [7, 11) is 0. The maximum absolute atomic E-state index is 11.8. The van der Waals surface area contributed by atoms with Crippen molar-refractivity contribution in [2.24, 2.45) is 17.8 Å². The van der Waals surface area contributed by atoms with Crippen LogP contribution < -0.4 is 0 Å². The molecule has 4 aromatic rings. The second-order valence-corrected chi connectivity index (χ2v) is 13.4. The van der Waals surface area contributed by atoms with Crippen LogP contribution in [0.4, 0.5) is 0 Å². The summed E-state index contributed by atoms with van der Waals surface area (Å²) in [6.07, 6.45) is 20.1. The van der Waals surface area contributed by atoms with Crippen LogP contribution >= 0.6 is 0 Å². The third kappa shape index (κ3) is 8.52. The van der Waals surface area contributed by atoms with Crippen LogP contribution in [0.1, 0.15) is 116 Å². The molecule has 0 amide bonds. The van der Waals surface area contributed by atoms with Crippen LogP contribution in [0.15, 0.2) is 72.8 Å². The first kappa shape index (κ1) is 36.0. The van der Waals surface area contributed by atoms with Gasteiger partial charge in [0.1, 0.15) is 6.33 Å². The third-order valence-corrected chi connectivity index (χ3v) is 10.5. The van der Waals surface area contributed by atoms with E-state index in [4.69, 9.17) is 4.98 Å². The van der Waals surface area contributed by atoms with E-state index >= 15 is 0 Å². The molecule has 0 spiro atoms. The summed E-state index contributed by atoms with van der Waals surface area (Å²) < 4.78 is 0. The molecule has 46 heavy (non-hydrogen) atoms. The summed E-state index contributed by atoms with van der Waals surface area (Å²) in [5.74, 6) is 2.59. The molecule has 7 rings (SSSR count). The maximum Gasteiger partial charge on any atom is 0.162 e. The molecule has 0 aliphatic heterocycles. The molecule has 0 atom stereocenters. The molecule has 3 aliphatic rings. The van der Waals surface area contributed by atoms with Gasteiger partial charge in [0.05, 0.1) is 11.3 Å². The van der Waals surface area contributed by atoms with Crippen molar-refractivity contribution in [3.63, 3.8) is 0 Å². The number of benzene rings is 3. The molecular formula is C41H51IrN2O2-. The number of carbonyl (C=O) groups excluding carboxylic acids is 1. The Morgan fingerprint density at radius 1 is 0.870 bits per heavy atom. The quantitative estimate of drug-likeness (QED) is 0.115. The molecule has 1 radical (unpaired) electrons. The number of hydrogen-bond donors (Lipinski definition) is 1. The SMILES string of the molecule is C.CCCC1CCC(c2ccc3ncnc(-c4[c-]ccc5ccccc45)c3c2)CC1.O=C(C=C(O)C1CCCC1)C1CCCC1.[Ir]. The Morgan fingerprint density at radius 2 is 1.57 bits per heavy atom. The Labute approximate surface area is 289 Å². The van der Waals surface area contributed by atoms with Crippen molar-refractivity contribution in [2.45, 2.75) is 110 Å². The molecule has 3 aliphatic carbocycles. The first-order valence-corrected chi connectivity index (χ1v) is 17.2. The van der Waals surface area contributed by atoms with Gasteiger partial charge in [0.15, 0.2) is 5.78 Å². The van der Waals surface area contributed by atoms with Gasteiger partial charge in [-0.05, 0) is 85.9 Å². The van der Waals surface area contributed by atoms with Crippen molar-refractivity contribution in [3.8, 4) is 11.3 Å². The van der Waals surface area contributed by atoms with E-state index in [9.17, 15) is 9.90 Å². The predicted molar refractivity (Wildman–Crippen MR) is 187 cm³/mol. The van der Waals surface area contributed by atoms with E-state index in [2.05, 4.69) is 66.5 Å². The van der Waals surface area contributed by atoms with Gasteiger partial charge < -0.3 is 5.11 Å². The van der Waals surface area contributed by atoms with Crippen LogP contribution in [0.5, 0.6) is 0 Å². The number of allylic oxidation sites excluding steroid dienone is 2. The second kappa shape index (κ2) is 17.3. The van der Waals surface area contributed by atoms with Crippen molar-refractivity contribution in [1.82, 2.24) is 9.97 Å². The zero-order valence-electron chi connectivity index (χ0n) is 26.6. The van der Waals surface area contributed by atoms with E-state index in [1.165, 1.54) is 86.6 Å². The van der Waals surface area contributed by atoms with Crippen molar-refractivity contribution in [3.05, 3.63) is 84.4 Å². The molecule has 0 unspecified atom stereocenters. The minimum Gasteiger partial charge on any atom is -0.512 e. The van der Waals surface area contributed by atoms with Gasteiger partial charge in [-0.3, -0.25) is 9.78 Å². The monoisotopic (exact) mass is 796 g/mol. The van der Waals surface area contributed by atoms with Gasteiger partial charge >= 0.3 is 0 Å². The van der Waals surface area contributed by atoms with Crippen LogP contribution in [-0.2, 0) is 24.9 Å². The van der Waals surface area contributed by atoms with Crippen LogP contribution in [-0.4, -0.2) is 20.9 Å². The van der Waals surface area contributed by atoms with Crippen molar-refractivity contribution >= 4 is 27.5 Å². The Kier molecular flexibility index (Phi) is 13.5. The summed E-state index contributed by atoms with van der Waals surface area (Å²) in [4.78, 5) is 21.0. The fraction of sp³-hybridized carbons (Fsp3) is 0.488. The molecule has 1 heterocycles. The molecule has 4 nitrogen and oxygen atoms in total. The van der Waals surface area contributed by atoms with Gasteiger partial charge in [-0.2, -0.15) is 0 Å². The van der Waals surface area contributed by atoms with Gasteiger partial charge in [0, 0.05) is 38.0 Å². The first-order chi connectivity index (χ1) is 21.6. The summed E-state index contributed by atoms with van der Waals surface area (Å²) in [5, 5.41) is 13.4. The zero-order valence-corrected chi connectivity index (χ0v) is 29.0. The Bertz CT molecular complexity index is 1590. The molecule has 0 bridgehead atoms. The van der Waals surface area contributed by atoms with Gasteiger partial charge in [-0.1, -0.05) is 94.7 Å². The van der Waals surface area contributed by atoms with Crippen molar-refractivity contribution in [1.29, 1.82) is 0 Å². The van der Waals surface area contributed by atoms with E-state index < -0.39 is 0 Å². The third-order valence-electron chi connectivity index (χ3n) is 10.5. The molecular weight excluding hydrogens is 745 g/mol. The van der Waals surface area contributed by atoms with Crippen molar-refractivity contribution in [2.75, 3.05) is 0 Å². The van der Waals surface area contributed by atoms with Crippen LogP contribution in [0.25, 0.3) is 32.9 Å². The number of rotatable bonds is 7. The minimum atomic E-state index is 0. The number of aliphatic hydroxyl groups is 1. The normalized spacial score (nSPS) is 20.5. The summed E-state index contributed by atoms with van der Waals surface area (Å²) in [6, 6.07) is 22.9. The van der Waals surface area contributed by atoms with Crippen LogP contribution in [0.2, 0.25) is 0 Å². The second-order valence-electron chi connectivity index (χ2n) is 13.4. The topological polar surface area (TPSA) is 63.1 Å². The average molecular weight is 796 g/mol. The molecule has 5 heteroatoms. The fourth-order valence-electron chi connectivity index (χ4n) is 7.89. The van der Waals surface area contributed by atoms with Gasteiger partial charge in [0.2, 0.25) is 0 Å². The summed E-state index contributed by atoms with van der Waals surface area (Å²) in [6.45, 7) is 2.31. The number of nitrogens with zero attached hydrogens (tertiary/aromatic N) is 2. The number of fused-ring (bicyclic) bond motifs is 2. The van der Waals surface area contributed by atoms with E-state index in [1.54, 1.807) is 6.33 Å². The summed E-state index contributed by atoms with van der Waals surface area (Å²) >= 11 is 0. The van der Waals surface area contributed by atoms with E-state index in [0.717, 1.165) is 53.8 Å². The Morgan fingerprint density at radius 3 is 2.28 bits per heavy atom. The minimum absolute atomic E-state index is 0. The van der Waals surface area contributed by atoms with Crippen LogP contribution in [0.3, 0.4) is 0 Å². The van der Waals surface area contributed by atoms with E-state index in [0.29, 0.717) is 11.7 Å². The molecule has 0 saturated heterocycles.